The van der Waals surface area contributed by atoms with Gasteiger partial charge >= 0.3 is 0 Å². The third kappa shape index (κ3) is 7.73. The lowest BCUT2D eigenvalue weighted by Gasteiger charge is -2.26. The maximum atomic E-state index is 13.2. The molecule has 1 unspecified atom stereocenters. The van der Waals surface area contributed by atoms with Gasteiger partial charge in [-0.3, -0.25) is 0 Å². The predicted octanol–water partition coefficient (Wildman–Crippen LogP) is 6.86. The van der Waals surface area contributed by atoms with Gasteiger partial charge in [-0.25, -0.2) is 17.8 Å². The van der Waals surface area contributed by atoms with Crippen LogP contribution in [0.2, 0.25) is 0 Å². The predicted molar refractivity (Wildman–Crippen MR) is 144 cm³/mol. The number of aromatic nitrogens is 2. The number of hydrogen-bond donors (Lipinski definition) is 2. The monoisotopic (exact) mass is 513 g/mol. The van der Waals surface area contributed by atoms with E-state index >= 15 is 0 Å². The van der Waals surface area contributed by atoms with Crippen molar-refractivity contribution in [3.63, 3.8) is 0 Å². The lowest BCUT2D eigenvalue weighted by molar-refractivity contribution is 0.330. The van der Waals surface area contributed by atoms with Crippen molar-refractivity contribution in [3.05, 3.63) is 66.6 Å². The molecule has 2 aromatic carbocycles. The quantitative estimate of drug-likeness (QED) is 0.229. The average molecular weight is 514 g/mol. The number of hydrogen-bond acceptors (Lipinski definition) is 6. The number of rotatable bonds is 14. The first-order valence-corrected chi connectivity index (χ1v) is 14.0. The summed E-state index contributed by atoms with van der Waals surface area (Å²) >= 11 is 0. The van der Waals surface area contributed by atoms with Gasteiger partial charge in [0.2, 0.25) is 16.0 Å². The van der Waals surface area contributed by atoms with E-state index in [9.17, 15) is 12.8 Å². The van der Waals surface area contributed by atoms with E-state index in [0.29, 0.717) is 23.1 Å². The summed E-state index contributed by atoms with van der Waals surface area (Å²) in [5, 5.41) is 6.19. The lowest BCUT2D eigenvalue weighted by Crippen LogP contribution is -2.36. The Morgan fingerprint density at radius 2 is 1.53 bits per heavy atom. The van der Waals surface area contributed by atoms with Crippen LogP contribution in [0.1, 0.15) is 58.8 Å². The Kier molecular flexibility index (Phi) is 10.2. The van der Waals surface area contributed by atoms with Crippen molar-refractivity contribution in [1.29, 1.82) is 0 Å². The summed E-state index contributed by atoms with van der Waals surface area (Å²) in [5.41, 5.74) is 1.37. The second-order valence-corrected chi connectivity index (χ2v) is 10.8. The molecule has 1 aromatic heterocycles. The van der Waals surface area contributed by atoms with E-state index in [-0.39, 0.29) is 16.8 Å². The number of sulfonamides is 1. The molecule has 0 saturated heterocycles. The summed E-state index contributed by atoms with van der Waals surface area (Å²) in [7, 11) is -1.92. The van der Waals surface area contributed by atoms with Gasteiger partial charge in [0.15, 0.2) is 0 Å². The van der Waals surface area contributed by atoms with Gasteiger partial charge in [0, 0.05) is 30.7 Å². The number of nitrogens with zero attached hydrogens (tertiary/aromatic N) is 3. The first-order chi connectivity index (χ1) is 17.3. The highest BCUT2D eigenvalue weighted by atomic mass is 32.2. The molecule has 7 nitrogen and oxygen atoms in total. The number of unbranched alkanes of at least 4 members (excludes halogenated alkanes) is 4. The first kappa shape index (κ1) is 27.5. The Labute approximate surface area is 214 Å². The molecule has 0 aliphatic heterocycles. The molecule has 0 radical (unpaired) electrons. The lowest BCUT2D eigenvalue weighted by atomic mass is 10.1. The minimum Gasteiger partial charge on any atom is -0.340 e. The van der Waals surface area contributed by atoms with E-state index in [4.69, 9.17) is 0 Å². The number of halogens is 1. The molecule has 1 atom stereocenters. The van der Waals surface area contributed by atoms with E-state index < -0.39 is 10.0 Å². The molecule has 0 aliphatic carbocycles. The molecule has 3 rings (SSSR count). The Bertz CT molecular complexity index is 1190. The number of benzene rings is 2. The van der Waals surface area contributed by atoms with Crippen molar-refractivity contribution in [2.75, 3.05) is 17.7 Å². The molecular weight excluding hydrogens is 477 g/mol. The molecule has 0 bridgehead atoms. The second kappa shape index (κ2) is 13.3. The Morgan fingerprint density at radius 1 is 0.889 bits per heavy atom. The van der Waals surface area contributed by atoms with E-state index in [0.717, 1.165) is 25.7 Å². The minimum absolute atomic E-state index is 0.0147. The highest BCUT2D eigenvalue weighted by molar-refractivity contribution is 7.89. The van der Waals surface area contributed by atoms with Gasteiger partial charge in [0.25, 0.3) is 0 Å². The summed E-state index contributed by atoms with van der Waals surface area (Å²) < 4.78 is 41.1. The van der Waals surface area contributed by atoms with Crippen molar-refractivity contribution in [3.8, 4) is 0 Å². The SMILES string of the molecule is CCCCCCCC(CC)N(C)S(=O)(=O)c1ccc(Nc2nccc(Nc3ccc(F)cc3)n2)cc1. The molecule has 0 amide bonds. The van der Waals surface area contributed by atoms with Crippen LogP contribution in [0.25, 0.3) is 0 Å². The minimum atomic E-state index is -3.59. The third-order valence-corrected chi connectivity index (χ3v) is 8.11. The van der Waals surface area contributed by atoms with Gasteiger partial charge in [-0.1, -0.05) is 46.0 Å². The van der Waals surface area contributed by atoms with Crippen molar-refractivity contribution < 1.29 is 12.8 Å². The van der Waals surface area contributed by atoms with Crippen molar-refractivity contribution >= 4 is 33.2 Å². The third-order valence-electron chi connectivity index (χ3n) is 6.19. The summed E-state index contributed by atoms with van der Waals surface area (Å²) in [6.45, 7) is 4.22. The van der Waals surface area contributed by atoms with Crippen molar-refractivity contribution in [2.45, 2.75) is 69.7 Å². The van der Waals surface area contributed by atoms with E-state index in [2.05, 4.69) is 27.5 Å². The summed E-state index contributed by atoms with van der Waals surface area (Å²) in [6.07, 6.45) is 9.05. The molecule has 0 saturated carbocycles. The molecule has 0 aliphatic rings. The van der Waals surface area contributed by atoms with Crippen LogP contribution in [0.3, 0.4) is 0 Å². The highest BCUT2D eigenvalue weighted by Crippen LogP contribution is 2.24. The smallest absolute Gasteiger partial charge is 0.243 e. The Balaban J connectivity index is 1.63. The molecule has 1 heterocycles. The Hall–Kier alpha value is -3.04. The van der Waals surface area contributed by atoms with E-state index in [1.807, 2.05) is 6.92 Å². The van der Waals surface area contributed by atoms with Crippen LogP contribution < -0.4 is 10.6 Å². The van der Waals surface area contributed by atoms with Crippen LogP contribution in [0.5, 0.6) is 0 Å². The van der Waals surface area contributed by atoms with Crippen LogP contribution in [-0.4, -0.2) is 35.8 Å². The van der Waals surface area contributed by atoms with Crippen molar-refractivity contribution in [2.24, 2.45) is 0 Å². The van der Waals surface area contributed by atoms with Crippen LogP contribution in [-0.2, 0) is 10.0 Å². The van der Waals surface area contributed by atoms with Gasteiger partial charge in [0.05, 0.1) is 4.90 Å². The van der Waals surface area contributed by atoms with E-state index in [1.165, 1.54) is 35.7 Å². The molecule has 0 spiro atoms. The topological polar surface area (TPSA) is 87.2 Å². The van der Waals surface area contributed by atoms with Gasteiger partial charge in [-0.05, 0) is 67.4 Å². The van der Waals surface area contributed by atoms with Gasteiger partial charge < -0.3 is 10.6 Å². The normalized spacial score (nSPS) is 12.5. The summed E-state index contributed by atoms with van der Waals surface area (Å²) in [6, 6.07) is 14.3. The summed E-state index contributed by atoms with van der Waals surface area (Å²) in [4.78, 5) is 8.89. The fourth-order valence-corrected chi connectivity index (χ4v) is 5.46. The van der Waals surface area contributed by atoms with Crippen molar-refractivity contribution in [1.82, 2.24) is 14.3 Å². The first-order valence-electron chi connectivity index (χ1n) is 12.5. The Morgan fingerprint density at radius 3 is 2.19 bits per heavy atom. The fourth-order valence-electron chi connectivity index (χ4n) is 4.00. The molecular formula is C27H36FN5O2S. The van der Waals surface area contributed by atoms with Crippen LogP contribution in [0.4, 0.5) is 27.5 Å². The number of anilines is 4. The average Bonchev–Trinajstić information content (AvgIpc) is 2.88. The fraction of sp³-hybridized carbons (Fsp3) is 0.407. The second-order valence-electron chi connectivity index (χ2n) is 8.83. The zero-order valence-electron chi connectivity index (χ0n) is 21.2. The van der Waals surface area contributed by atoms with Gasteiger partial charge in [-0.2, -0.15) is 9.29 Å². The molecule has 36 heavy (non-hydrogen) atoms. The number of nitrogens with one attached hydrogen (secondary N) is 2. The zero-order chi connectivity index (χ0) is 26.0. The van der Waals surface area contributed by atoms with Crippen LogP contribution >= 0.6 is 0 Å². The molecule has 0 fully saturated rings. The maximum absolute atomic E-state index is 13.2. The summed E-state index contributed by atoms with van der Waals surface area (Å²) in [5.74, 6) is 0.582. The molecule has 194 valence electrons. The van der Waals surface area contributed by atoms with Gasteiger partial charge in [-0.15, -0.1) is 0 Å². The molecule has 3 aromatic rings. The van der Waals surface area contributed by atoms with Gasteiger partial charge in [0.1, 0.15) is 11.6 Å². The maximum Gasteiger partial charge on any atom is 0.243 e. The molecule has 2 N–H and O–H groups in total. The molecule has 9 heteroatoms. The standard InChI is InChI=1S/C27H36FN5O2S/c1-4-6-7-8-9-10-24(5-2)33(3)36(34,35)25-17-15-23(16-18-25)31-27-29-20-19-26(32-27)30-22-13-11-21(28)12-14-22/h11-20,24H,4-10H2,1-3H3,(H2,29,30,31,32). The van der Waals surface area contributed by atoms with Crippen LogP contribution in [0, 0.1) is 5.82 Å². The largest absolute Gasteiger partial charge is 0.340 e. The zero-order valence-corrected chi connectivity index (χ0v) is 22.1. The highest BCUT2D eigenvalue weighted by Gasteiger charge is 2.26. The van der Waals surface area contributed by atoms with E-state index in [1.54, 1.807) is 55.7 Å². The van der Waals surface area contributed by atoms with Crippen LogP contribution in [0.15, 0.2) is 65.7 Å².